The van der Waals surface area contributed by atoms with Gasteiger partial charge in [0.1, 0.15) is 17.7 Å². The number of rotatable bonds is 4. The lowest BCUT2D eigenvalue weighted by Crippen LogP contribution is -2.26. The van der Waals surface area contributed by atoms with Crippen molar-refractivity contribution < 1.29 is 23.0 Å². The number of benzene rings is 1. The van der Waals surface area contributed by atoms with Crippen LogP contribution in [-0.2, 0) is 11.2 Å². The third kappa shape index (κ3) is 3.16. The quantitative estimate of drug-likeness (QED) is 0.764. The molecule has 0 spiro atoms. The number of esters is 1. The van der Waals surface area contributed by atoms with E-state index in [1.165, 1.54) is 18.2 Å². The van der Waals surface area contributed by atoms with Gasteiger partial charge in [0, 0.05) is 17.2 Å². The molecule has 1 aliphatic carbocycles. The minimum absolute atomic E-state index is 0.0702. The molecular formula is C20H19F2NO3. The summed E-state index contributed by atoms with van der Waals surface area (Å²) in [6.07, 6.45) is 3.86. The molecule has 1 fully saturated rings. The SMILES string of the molecule is CCOC(=O)c1cc(-c2ccc(F)cc2F)c2c(n1)OC(C1CC1)CC2. The molecule has 1 atom stereocenters. The van der Waals surface area contributed by atoms with Gasteiger partial charge in [-0.3, -0.25) is 0 Å². The number of carbonyl (C=O) groups is 1. The zero-order valence-electron chi connectivity index (χ0n) is 14.4. The van der Waals surface area contributed by atoms with Crippen LogP contribution in [0.15, 0.2) is 24.3 Å². The molecule has 136 valence electrons. The van der Waals surface area contributed by atoms with Crippen LogP contribution in [0.25, 0.3) is 11.1 Å². The molecule has 0 saturated heterocycles. The molecule has 2 heterocycles. The van der Waals surface area contributed by atoms with Crippen LogP contribution in [0.1, 0.15) is 42.2 Å². The van der Waals surface area contributed by atoms with Gasteiger partial charge in [-0.15, -0.1) is 0 Å². The van der Waals surface area contributed by atoms with Gasteiger partial charge in [-0.2, -0.15) is 0 Å². The maximum absolute atomic E-state index is 14.4. The smallest absolute Gasteiger partial charge is 0.357 e. The average molecular weight is 359 g/mol. The topological polar surface area (TPSA) is 48.4 Å². The summed E-state index contributed by atoms with van der Waals surface area (Å²) < 4.78 is 38.8. The molecule has 0 amide bonds. The summed E-state index contributed by atoms with van der Waals surface area (Å²) in [5.74, 6) is -1.03. The van der Waals surface area contributed by atoms with E-state index in [9.17, 15) is 13.6 Å². The Balaban J connectivity index is 1.82. The molecule has 1 aromatic heterocycles. The van der Waals surface area contributed by atoms with E-state index in [-0.39, 0.29) is 24.0 Å². The highest BCUT2D eigenvalue weighted by atomic mass is 19.1. The highest BCUT2D eigenvalue weighted by molar-refractivity contribution is 5.90. The van der Waals surface area contributed by atoms with Crippen LogP contribution in [0.3, 0.4) is 0 Å². The monoisotopic (exact) mass is 359 g/mol. The van der Waals surface area contributed by atoms with Gasteiger partial charge in [0.15, 0.2) is 5.69 Å². The van der Waals surface area contributed by atoms with E-state index in [4.69, 9.17) is 9.47 Å². The standard InChI is InChI=1S/C20H19F2NO3/c1-2-25-20(24)17-10-15(13-6-5-12(21)9-16(13)22)14-7-8-18(11-3-4-11)26-19(14)23-17/h5-6,9-11,18H,2-4,7-8H2,1H3. The van der Waals surface area contributed by atoms with Gasteiger partial charge >= 0.3 is 5.97 Å². The summed E-state index contributed by atoms with van der Waals surface area (Å²) in [5.41, 5.74) is 1.55. The van der Waals surface area contributed by atoms with E-state index >= 15 is 0 Å². The van der Waals surface area contributed by atoms with Gasteiger partial charge in [0.2, 0.25) is 5.88 Å². The number of nitrogens with zero attached hydrogens (tertiary/aromatic N) is 1. The molecule has 2 aromatic rings. The van der Waals surface area contributed by atoms with Gasteiger partial charge in [-0.25, -0.2) is 18.6 Å². The lowest BCUT2D eigenvalue weighted by molar-refractivity contribution is 0.0516. The van der Waals surface area contributed by atoms with Crippen molar-refractivity contribution >= 4 is 5.97 Å². The van der Waals surface area contributed by atoms with E-state index in [1.54, 1.807) is 6.92 Å². The zero-order chi connectivity index (χ0) is 18.3. The first kappa shape index (κ1) is 16.9. The van der Waals surface area contributed by atoms with Crippen LogP contribution in [0.5, 0.6) is 5.88 Å². The minimum atomic E-state index is -0.683. The molecular weight excluding hydrogens is 340 g/mol. The van der Waals surface area contributed by atoms with Gasteiger partial charge < -0.3 is 9.47 Å². The van der Waals surface area contributed by atoms with Crippen molar-refractivity contribution in [2.75, 3.05) is 6.61 Å². The van der Waals surface area contributed by atoms with E-state index in [2.05, 4.69) is 4.98 Å². The Bertz CT molecular complexity index is 864. The molecule has 1 aliphatic heterocycles. The summed E-state index contributed by atoms with van der Waals surface area (Å²) in [6, 6.07) is 4.92. The number of hydrogen-bond donors (Lipinski definition) is 0. The number of fused-ring (bicyclic) bond motifs is 1. The second kappa shape index (κ2) is 6.67. The Hall–Kier alpha value is -2.50. The van der Waals surface area contributed by atoms with Crippen LogP contribution in [0.4, 0.5) is 8.78 Å². The largest absolute Gasteiger partial charge is 0.474 e. The Kier molecular flexibility index (Phi) is 4.34. The highest BCUT2D eigenvalue weighted by Crippen LogP contribution is 2.43. The van der Waals surface area contributed by atoms with Crippen molar-refractivity contribution in [3.8, 4) is 17.0 Å². The van der Waals surface area contributed by atoms with Crippen molar-refractivity contribution in [1.29, 1.82) is 0 Å². The van der Waals surface area contributed by atoms with Crippen molar-refractivity contribution in [2.24, 2.45) is 5.92 Å². The lowest BCUT2D eigenvalue weighted by atomic mass is 9.93. The molecule has 0 bridgehead atoms. The molecule has 2 aliphatic rings. The highest BCUT2D eigenvalue weighted by Gasteiger charge is 2.37. The van der Waals surface area contributed by atoms with E-state index in [0.717, 1.165) is 30.9 Å². The number of hydrogen-bond acceptors (Lipinski definition) is 4. The van der Waals surface area contributed by atoms with Crippen LogP contribution < -0.4 is 4.74 Å². The molecule has 1 unspecified atom stereocenters. The van der Waals surface area contributed by atoms with E-state index in [0.29, 0.717) is 23.8 Å². The zero-order valence-corrected chi connectivity index (χ0v) is 14.4. The maximum atomic E-state index is 14.4. The van der Waals surface area contributed by atoms with Crippen LogP contribution >= 0.6 is 0 Å². The second-order valence-corrected chi connectivity index (χ2v) is 6.72. The molecule has 26 heavy (non-hydrogen) atoms. The Morgan fingerprint density at radius 2 is 2.04 bits per heavy atom. The molecule has 1 saturated carbocycles. The molecule has 6 heteroatoms. The number of carbonyl (C=O) groups excluding carboxylic acids is 1. The van der Waals surface area contributed by atoms with Crippen molar-refractivity contribution in [1.82, 2.24) is 4.98 Å². The summed E-state index contributed by atoms with van der Waals surface area (Å²) >= 11 is 0. The van der Waals surface area contributed by atoms with Crippen molar-refractivity contribution in [3.63, 3.8) is 0 Å². The van der Waals surface area contributed by atoms with Crippen LogP contribution in [-0.4, -0.2) is 23.7 Å². The fraction of sp³-hybridized carbons (Fsp3) is 0.400. The van der Waals surface area contributed by atoms with Gasteiger partial charge in [-0.05, 0) is 62.3 Å². The van der Waals surface area contributed by atoms with Gasteiger partial charge in [0.05, 0.1) is 6.61 Å². The van der Waals surface area contributed by atoms with E-state index in [1.807, 2.05) is 0 Å². The number of ether oxygens (including phenoxy) is 2. The molecule has 4 rings (SSSR count). The molecule has 0 N–H and O–H groups in total. The first-order valence-corrected chi connectivity index (χ1v) is 8.90. The number of halogens is 2. The second-order valence-electron chi connectivity index (χ2n) is 6.72. The third-order valence-corrected chi connectivity index (χ3v) is 4.88. The molecule has 4 nitrogen and oxygen atoms in total. The van der Waals surface area contributed by atoms with Crippen molar-refractivity contribution in [3.05, 3.63) is 47.2 Å². The summed E-state index contributed by atoms with van der Waals surface area (Å²) in [4.78, 5) is 16.5. The Labute approximate surface area is 150 Å². The fourth-order valence-corrected chi connectivity index (χ4v) is 3.43. The number of aromatic nitrogens is 1. The summed E-state index contributed by atoms with van der Waals surface area (Å²) in [5, 5.41) is 0. The van der Waals surface area contributed by atoms with Crippen LogP contribution in [0.2, 0.25) is 0 Å². The minimum Gasteiger partial charge on any atom is -0.474 e. The molecule has 1 aromatic carbocycles. The first-order chi connectivity index (χ1) is 12.6. The van der Waals surface area contributed by atoms with Crippen LogP contribution in [0, 0.1) is 17.6 Å². The maximum Gasteiger partial charge on any atom is 0.357 e. The van der Waals surface area contributed by atoms with Gasteiger partial charge in [-0.1, -0.05) is 0 Å². The normalized spacial score (nSPS) is 18.8. The predicted molar refractivity (Wildman–Crippen MR) is 91.0 cm³/mol. The number of pyridine rings is 1. The van der Waals surface area contributed by atoms with Gasteiger partial charge in [0.25, 0.3) is 0 Å². The van der Waals surface area contributed by atoms with E-state index < -0.39 is 17.6 Å². The Morgan fingerprint density at radius 3 is 2.73 bits per heavy atom. The predicted octanol–water partition coefficient (Wildman–Crippen LogP) is 4.31. The van der Waals surface area contributed by atoms with Crippen molar-refractivity contribution in [2.45, 2.75) is 38.7 Å². The lowest BCUT2D eigenvalue weighted by Gasteiger charge is -2.27. The Morgan fingerprint density at radius 1 is 1.23 bits per heavy atom. The summed E-state index contributed by atoms with van der Waals surface area (Å²) in [7, 11) is 0. The average Bonchev–Trinajstić information content (AvgIpc) is 3.46. The summed E-state index contributed by atoms with van der Waals surface area (Å²) in [6.45, 7) is 1.92. The third-order valence-electron chi connectivity index (χ3n) is 4.88. The molecule has 0 radical (unpaired) electrons. The fourth-order valence-electron chi connectivity index (χ4n) is 3.43. The first-order valence-electron chi connectivity index (χ1n) is 8.90.